The molecule has 1 heterocycles. The number of amides is 2. The molecule has 0 spiro atoms. The summed E-state index contributed by atoms with van der Waals surface area (Å²) in [5, 5.41) is 4.92. The summed E-state index contributed by atoms with van der Waals surface area (Å²) in [5.74, 6) is -1.92. The van der Waals surface area contributed by atoms with Gasteiger partial charge in [0.15, 0.2) is 0 Å². The number of carbonyl (C=O) groups is 2. The molecule has 144 valence electrons. The van der Waals surface area contributed by atoms with Crippen LogP contribution in [0.15, 0.2) is 29.2 Å². The molecule has 2 amide bonds. The maximum atomic E-state index is 13.1. The Kier molecular flexibility index (Phi) is 7.10. The summed E-state index contributed by atoms with van der Waals surface area (Å²) in [6.45, 7) is 2.66. The lowest BCUT2D eigenvalue weighted by atomic mass is 10.0. The fourth-order valence-electron chi connectivity index (χ4n) is 2.99. The van der Waals surface area contributed by atoms with Crippen LogP contribution in [0.2, 0.25) is 0 Å². The molecule has 1 aromatic rings. The number of sulfonamides is 1. The molecule has 9 heteroatoms. The van der Waals surface area contributed by atoms with Crippen LogP contribution in [0, 0.1) is 5.82 Å². The zero-order chi connectivity index (χ0) is 19.2. The lowest BCUT2D eigenvalue weighted by Gasteiger charge is -2.34. The summed E-state index contributed by atoms with van der Waals surface area (Å²) >= 11 is 0. The molecule has 0 aromatic heterocycles. The number of hydrogen-bond acceptors (Lipinski definition) is 4. The smallest absolute Gasteiger partial charge is 0.309 e. The van der Waals surface area contributed by atoms with E-state index in [1.165, 1.54) is 16.4 Å². The first-order chi connectivity index (χ1) is 12.4. The first-order valence-electron chi connectivity index (χ1n) is 8.69. The molecule has 1 aliphatic rings. The van der Waals surface area contributed by atoms with E-state index < -0.39 is 27.7 Å². The predicted octanol–water partition coefficient (Wildman–Crippen LogP) is 1.01. The molecule has 26 heavy (non-hydrogen) atoms. The van der Waals surface area contributed by atoms with Gasteiger partial charge >= 0.3 is 11.8 Å². The second-order valence-electron chi connectivity index (χ2n) is 6.12. The molecule has 0 saturated carbocycles. The highest BCUT2D eigenvalue weighted by atomic mass is 32.2. The summed E-state index contributed by atoms with van der Waals surface area (Å²) in [6.07, 6.45) is 2.73. The Labute approximate surface area is 153 Å². The molecule has 0 aliphatic carbocycles. The Bertz CT molecular complexity index is 737. The maximum absolute atomic E-state index is 13.1. The minimum atomic E-state index is -3.73. The van der Waals surface area contributed by atoms with E-state index in [-0.39, 0.29) is 17.5 Å². The quantitative estimate of drug-likeness (QED) is 0.715. The van der Waals surface area contributed by atoms with Crippen molar-refractivity contribution in [2.45, 2.75) is 43.5 Å². The predicted molar refractivity (Wildman–Crippen MR) is 94.2 cm³/mol. The van der Waals surface area contributed by atoms with Crippen molar-refractivity contribution in [2.24, 2.45) is 0 Å². The fraction of sp³-hybridized carbons (Fsp3) is 0.529. The van der Waals surface area contributed by atoms with Crippen LogP contribution < -0.4 is 10.6 Å². The Morgan fingerprint density at radius 3 is 2.46 bits per heavy atom. The molecule has 7 nitrogen and oxygen atoms in total. The van der Waals surface area contributed by atoms with Crippen molar-refractivity contribution in [1.82, 2.24) is 14.9 Å². The van der Waals surface area contributed by atoms with E-state index in [9.17, 15) is 22.4 Å². The third kappa shape index (κ3) is 5.01. The molecule has 2 rings (SSSR count). The van der Waals surface area contributed by atoms with Gasteiger partial charge in [0.1, 0.15) is 5.82 Å². The number of nitrogens with one attached hydrogen (secondary N) is 2. The van der Waals surface area contributed by atoms with Crippen LogP contribution in [0.5, 0.6) is 0 Å². The van der Waals surface area contributed by atoms with Crippen molar-refractivity contribution in [2.75, 3.05) is 19.6 Å². The van der Waals surface area contributed by atoms with Crippen LogP contribution in [-0.4, -0.2) is 50.2 Å². The Morgan fingerprint density at radius 2 is 1.81 bits per heavy atom. The molecule has 2 N–H and O–H groups in total. The zero-order valence-corrected chi connectivity index (χ0v) is 15.5. The average Bonchev–Trinajstić information content (AvgIpc) is 2.62. The maximum Gasteiger partial charge on any atom is 0.309 e. The summed E-state index contributed by atoms with van der Waals surface area (Å²) < 4.78 is 40.2. The van der Waals surface area contributed by atoms with Gasteiger partial charge in [-0.2, -0.15) is 4.31 Å². The number of likely N-dealkylation sites (N-methyl/N-ethyl adjacent to an activating group) is 1. The highest BCUT2D eigenvalue weighted by Crippen LogP contribution is 2.27. The van der Waals surface area contributed by atoms with Crippen LogP contribution in [-0.2, 0) is 19.6 Å². The van der Waals surface area contributed by atoms with Crippen LogP contribution in [0.25, 0.3) is 0 Å². The van der Waals surface area contributed by atoms with Gasteiger partial charge in [-0.3, -0.25) is 9.59 Å². The minimum absolute atomic E-state index is 0.0529. The molecular formula is C17H24FN3O4S. The molecule has 1 aliphatic heterocycles. The van der Waals surface area contributed by atoms with E-state index in [0.717, 1.165) is 25.0 Å². The number of rotatable bonds is 6. The van der Waals surface area contributed by atoms with Crippen molar-refractivity contribution >= 4 is 21.8 Å². The van der Waals surface area contributed by atoms with Gasteiger partial charge in [0.25, 0.3) is 0 Å². The van der Waals surface area contributed by atoms with Crippen molar-refractivity contribution in [3.63, 3.8) is 0 Å². The average molecular weight is 385 g/mol. The second-order valence-corrected chi connectivity index (χ2v) is 8.01. The highest BCUT2D eigenvalue weighted by Gasteiger charge is 2.33. The van der Waals surface area contributed by atoms with Crippen LogP contribution in [0.3, 0.4) is 0 Å². The zero-order valence-electron chi connectivity index (χ0n) is 14.7. The summed E-state index contributed by atoms with van der Waals surface area (Å²) in [7, 11) is -3.73. The molecular weight excluding hydrogens is 361 g/mol. The highest BCUT2D eigenvalue weighted by molar-refractivity contribution is 7.89. The number of carbonyl (C=O) groups excluding carboxylic acids is 2. The number of piperidine rings is 1. The lowest BCUT2D eigenvalue weighted by molar-refractivity contribution is -0.139. The van der Waals surface area contributed by atoms with Gasteiger partial charge < -0.3 is 10.6 Å². The second kappa shape index (κ2) is 9.09. The van der Waals surface area contributed by atoms with Crippen molar-refractivity contribution in [1.29, 1.82) is 0 Å². The minimum Gasteiger partial charge on any atom is -0.348 e. The molecule has 1 aromatic carbocycles. The largest absolute Gasteiger partial charge is 0.348 e. The summed E-state index contributed by atoms with van der Waals surface area (Å²) in [4.78, 5) is 23.1. The molecule has 0 unspecified atom stereocenters. The number of halogens is 1. The van der Waals surface area contributed by atoms with E-state index in [4.69, 9.17) is 0 Å². The topological polar surface area (TPSA) is 95.6 Å². The van der Waals surface area contributed by atoms with E-state index in [0.29, 0.717) is 25.9 Å². The Balaban J connectivity index is 2.02. The standard InChI is InChI=1S/C17H24FN3O4S/c1-2-19-16(22)17(23)20-11-10-14-5-3-4-12-21(14)26(24,25)15-8-6-13(18)7-9-15/h6-9,14H,2-5,10-12H2,1H3,(H,19,22)(H,20,23)/t14-/m0/s1. The Morgan fingerprint density at radius 1 is 1.15 bits per heavy atom. The van der Waals surface area contributed by atoms with E-state index >= 15 is 0 Å². The molecule has 1 atom stereocenters. The van der Waals surface area contributed by atoms with Crippen molar-refractivity contribution < 1.29 is 22.4 Å². The Hall–Kier alpha value is -2.00. The van der Waals surface area contributed by atoms with Gasteiger partial charge in [0.2, 0.25) is 10.0 Å². The summed E-state index contributed by atoms with van der Waals surface area (Å²) in [5.41, 5.74) is 0. The van der Waals surface area contributed by atoms with Crippen LogP contribution in [0.1, 0.15) is 32.6 Å². The van der Waals surface area contributed by atoms with Gasteiger partial charge in [-0.25, -0.2) is 12.8 Å². The molecule has 1 saturated heterocycles. The van der Waals surface area contributed by atoms with Gasteiger partial charge in [-0.15, -0.1) is 0 Å². The summed E-state index contributed by atoms with van der Waals surface area (Å²) in [6, 6.07) is 4.49. The van der Waals surface area contributed by atoms with Gasteiger partial charge in [-0.1, -0.05) is 6.42 Å². The van der Waals surface area contributed by atoms with Crippen LogP contribution >= 0.6 is 0 Å². The third-order valence-electron chi connectivity index (χ3n) is 4.30. The SMILES string of the molecule is CCNC(=O)C(=O)NCC[C@@H]1CCCCN1S(=O)(=O)c1ccc(F)cc1. The monoisotopic (exact) mass is 385 g/mol. The molecule has 1 fully saturated rings. The van der Waals surface area contributed by atoms with E-state index in [2.05, 4.69) is 10.6 Å². The molecule has 0 radical (unpaired) electrons. The first-order valence-corrected chi connectivity index (χ1v) is 10.1. The normalized spacial score (nSPS) is 18.3. The first kappa shape index (κ1) is 20.3. The van der Waals surface area contributed by atoms with Crippen molar-refractivity contribution in [3.8, 4) is 0 Å². The number of hydrogen-bond donors (Lipinski definition) is 2. The van der Waals surface area contributed by atoms with E-state index in [1.807, 2.05) is 0 Å². The van der Waals surface area contributed by atoms with Gasteiger partial charge in [0, 0.05) is 25.7 Å². The van der Waals surface area contributed by atoms with Crippen LogP contribution in [0.4, 0.5) is 4.39 Å². The van der Waals surface area contributed by atoms with Crippen molar-refractivity contribution in [3.05, 3.63) is 30.1 Å². The lowest BCUT2D eigenvalue weighted by Crippen LogP contribution is -2.46. The van der Waals surface area contributed by atoms with E-state index in [1.54, 1.807) is 6.92 Å². The van der Waals surface area contributed by atoms with Gasteiger partial charge in [-0.05, 0) is 50.5 Å². The fourth-order valence-corrected chi connectivity index (χ4v) is 4.72. The molecule has 0 bridgehead atoms. The number of benzene rings is 1. The number of nitrogens with zero attached hydrogens (tertiary/aromatic N) is 1. The third-order valence-corrected chi connectivity index (χ3v) is 6.27. The van der Waals surface area contributed by atoms with Gasteiger partial charge in [0.05, 0.1) is 4.90 Å².